The average molecular weight is 774 g/mol. The van der Waals surface area contributed by atoms with Gasteiger partial charge in [-0.15, -0.1) is 0 Å². The van der Waals surface area contributed by atoms with E-state index in [2.05, 4.69) is 30.9 Å². The Bertz CT molecular complexity index is 1790. The first-order valence-corrected chi connectivity index (χ1v) is 18.1. The van der Waals surface area contributed by atoms with Gasteiger partial charge in [-0.1, -0.05) is 12.1 Å². The number of rotatable bonds is 6. The molecule has 1 aromatic heterocycles. The van der Waals surface area contributed by atoms with E-state index >= 15 is 0 Å². The molecule has 0 saturated carbocycles. The first-order valence-electron chi connectivity index (χ1n) is 18.1. The predicted octanol–water partition coefficient (Wildman–Crippen LogP) is 6.03. The Labute approximate surface area is 316 Å². The third kappa shape index (κ3) is 12.5. The molecular formula is C37H46F3N7O8. The zero-order valence-corrected chi connectivity index (χ0v) is 31.2. The number of halogens is 3. The van der Waals surface area contributed by atoms with Gasteiger partial charge in [-0.05, 0) is 83.2 Å². The summed E-state index contributed by atoms with van der Waals surface area (Å²) in [6, 6.07) is 10.5. The number of aromatic nitrogens is 3. The van der Waals surface area contributed by atoms with Crippen molar-refractivity contribution in [2.45, 2.75) is 77.7 Å². The van der Waals surface area contributed by atoms with Crippen molar-refractivity contribution >= 4 is 35.6 Å². The fraction of sp³-hybridized carbons (Fsp3) is 0.514. The van der Waals surface area contributed by atoms with Crippen LogP contribution < -0.4 is 30.2 Å². The van der Waals surface area contributed by atoms with E-state index in [4.69, 9.17) is 23.7 Å². The zero-order valence-electron chi connectivity index (χ0n) is 31.2. The predicted molar refractivity (Wildman–Crippen MR) is 194 cm³/mol. The Balaban J connectivity index is 1.41. The molecular weight excluding hydrogens is 727 g/mol. The Morgan fingerprint density at radius 3 is 2.33 bits per heavy atom. The summed E-state index contributed by atoms with van der Waals surface area (Å²) in [4.78, 5) is 53.4. The number of benzene rings is 2. The first-order chi connectivity index (χ1) is 26.2. The topological polar surface area (TPSA) is 175 Å². The van der Waals surface area contributed by atoms with Crippen molar-refractivity contribution in [1.29, 1.82) is 0 Å². The molecule has 18 heteroatoms. The molecule has 1 fully saturated rings. The molecule has 6 bridgehead atoms. The Kier molecular flexibility index (Phi) is 13.4. The molecule has 3 aliphatic heterocycles. The first kappa shape index (κ1) is 40.6. The Morgan fingerprint density at radius 1 is 0.927 bits per heavy atom. The summed E-state index contributed by atoms with van der Waals surface area (Å²) >= 11 is 0. The highest BCUT2D eigenvalue weighted by molar-refractivity contribution is 5.98. The van der Waals surface area contributed by atoms with Crippen LogP contribution in [0.4, 0.5) is 35.5 Å². The van der Waals surface area contributed by atoms with Gasteiger partial charge in [0.2, 0.25) is 11.9 Å². The van der Waals surface area contributed by atoms with Crippen molar-refractivity contribution < 1.29 is 51.2 Å². The van der Waals surface area contributed by atoms with E-state index in [1.165, 1.54) is 23.1 Å². The van der Waals surface area contributed by atoms with Crippen molar-refractivity contribution in [1.82, 2.24) is 25.2 Å². The highest BCUT2D eigenvalue weighted by atomic mass is 19.4. The zero-order chi connectivity index (χ0) is 39.6. The molecule has 55 heavy (non-hydrogen) atoms. The van der Waals surface area contributed by atoms with Crippen molar-refractivity contribution in [3.05, 3.63) is 53.6 Å². The number of amides is 2. The number of hydrogen-bond donors (Lipinski definition) is 3. The minimum Gasteiger partial charge on any atom is -0.494 e. The van der Waals surface area contributed by atoms with E-state index < -0.39 is 54.3 Å². The molecule has 1 saturated heterocycles. The van der Waals surface area contributed by atoms with E-state index in [0.29, 0.717) is 24.5 Å². The number of nitrogens with zero attached hydrogens (tertiary/aromatic N) is 4. The second kappa shape index (κ2) is 18.2. The molecule has 3 aliphatic rings. The number of carbonyl (C=O) groups is 3. The van der Waals surface area contributed by atoms with E-state index in [-0.39, 0.29) is 56.1 Å². The summed E-state index contributed by atoms with van der Waals surface area (Å²) in [5.74, 6) is -1.32. The summed E-state index contributed by atoms with van der Waals surface area (Å²) < 4.78 is 66.7. The standard InChI is InChI=1S/C37H46F3N7O8/c1-5-51-31(49)27-20-47(35(50)55-36(2,3)4)21-28(27)43-30(48)26-15-12-24-18-29(26)53-17-9-7-6-8-16-52-25-13-10-23(11-14-25)19-41-32-44-33(42-24)46-34(45-32)54-22-37(38,39)40/h10-15,18,27-28H,5-9,16-17,19-22H2,1-4H3,(H,43,48)(H2,41,42,44,45,46)/t27-,28+/m0/s1. The lowest BCUT2D eigenvalue weighted by atomic mass is 10.0. The molecule has 0 spiro atoms. The lowest BCUT2D eigenvalue weighted by molar-refractivity contribution is -0.154. The maximum absolute atomic E-state index is 13.9. The maximum atomic E-state index is 13.9. The van der Waals surface area contributed by atoms with Crippen molar-refractivity contribution in [3.8, 4) is 17.5 Å². The van der Waals surface area contributed by atoms with Gasteiger partial charge in [-0.2, -0.15) is 28.1 Å². The van der Waals surface area contributed by atoms with Gasteiger partial charge in [-0.3, -0.25) is 9.59 Å². The minimum atomic E-state index is -4.63. The molecule has 0 aliphatic carbocycles. The van der Waals surface area contributed by atoms with Crippen molar-refractivity contribution in [3.63, 3.8) is 0 Å². The van der Waals surface area contributed by atoms with Crippen LogP contribution in [0.3, 0.4) is 0 Å². The summed E-state index contributed by atoms with van der Waals surface area (Å²) in [6.07, 6.45) is -2.08. The maximum Gasteiger partial charge on any atom is 0.422 e. The van der Waals surface area contributed by atoms with Crippen LogP contribution in [0.5, 0.6) is 17.5 Å². The lowest BCUT2D eigenvalue weighted by Gasteiger charge is -2.24. The van der Waals surface area contributed by atoms with Gasteiger partial charge >= 0.3 is 24.2 Å². The van der Waals surface area contributed by atoms with Crippen LogP contribution in [-0.4, -0.2) is 95.2 Å². The number of anilines is 3. The molecule has 2 aromatic carbocycles. The highest BCUT2D eigenvalue weighted by Crippen LogP contribution is 2.29. The molecule has 0 unspecified atom stereocenters. The Morgan fingerprint density at radius 2 is 1.64 bits per heavy atom. The van der Waals surface area contributed by atoms with Crippen LogP contribution in [0.1, 0.15) is 69.3 Å². The molecule has 0 radical (unpaired) electrons. The molecule has 298 valence electrons. The van der Waals surface area contributed by atoms with E-state index in [9.17, 15) is 27.6 Å². The number of carbonyl (C=O) groups excluding carboxylic acids is 3. The van der Waals surface area contributed by atoms with Gasteiger partial charge < -0.3 is 44.5 Å². The summed E-state index contributed by atoms with van der Waals surface area (Å²) in [6.45, 7) is 6.34. The molecule has 2 atom stereocenters. The Hall–Kier alpha value is -5.55. The number of alkyl halides is 3. The smallest absolute Gasteiger partial charge is 0.422 e. The molecule has 2 amide bonds. The van der Waals surface area contributed by atoms with Gasteiger partial charge in [0.05, 0.1) is 37.3 Å². The average Bonchev–Trinajstić information content (AvgIpc) is 3.54. The minimum absolute atomic E-state index is 0.00278. The molecule has 3 aromatic rings. The van der Waals surface area contributed by atoms with Crippen LogP contribution in [0.2, 0.25) is 0 Å². The van der Waals surface area contributed by atoms with Crippen LogP contribution in [0, 0.1) is 5.92 Å². The number of esters is 1. The second-order valence-electron chi connectivity index (χ2n) is 13.9. The summed E-state index contributed by atoms with van der Waals surface area (Å²) in [5, 5.41) is 8.82. The van der Waals surface area contributed by atoms with Gasteiger partial charge in [0.25, 0.3) is 5.91 Å². The quantitative estimate of drug-likeness (QED) is 0.248. The second-order valence-corrected chi connectivity index (χ2v) is 13.9. The van der Waals surface area contributed by atoms with E-state index in [0.717, 1.165) is 24.8 Å². The number of ether oxygens (including phenoxy) is 5. The fourth-order valence-electron chi connectivity index (χ4n) is 5.71. The SMILES string of the molecule is CCOC(=O)[C@H]1CN(C(=O)OC(C)(C)C)C[C@H]1NC(=O)c1ccc2cc1OCCCCCCOc1ccc(cc1)CNc1nc(nc(OCC(F)(F)F)n1)N2. The molecule has 3 N–H and O–H groups in total. The summed E-state index contributed by atoms with van der Waals surface area (Å²) in [7, 11) is 0. The largest absolute Gasteiger partial charge is 0.494 e. The summed E-state index contributed by atoms with van der Waals surface area (Å²) in [5.41, 5.74) is 0.536. The normalized spacial score (nSPS) is 18.0. The monoisotopic (exact) mass is 773 g/mol. The number of hydrogen-bond acceptors (Lipinski definition) is 13. The van der Waals surface area contributed by atoms with Gasteiger partial charge in [0.1, 0.15) is 17.1 Å². The molecule has 4 heterocycles. The lowest BCUT2D eigenvalue weighted by Crippen LogP contribution is -2.44. The van der Waals surface area contributed by atoms with Crippen LogP contribution in [0.25, 0.3) is 0 Å². The number of fused-ring (bicyclic) bond motifs is 10. The fourth-order valence-corrected chi connectivity index (χ4v) is 5.71. The number of likely N-dealkylation sites (tertiary alicyclic amines) is 1. The van der Waals surface area contributed by atoms with E-state index in [1.807, 2.05) is 24.3 Å². The van der Waals surface area contributed by atoms with Crippen LogP contribution in [-0.2, 0) is 20.8 Å². The highest BCUT2D eigenvalue weighted by Gasteiger charge is 2.43. The van der Waals surface area contributed by atoms with Gasteiger partial charge in [0, 0.05) is 31.4 Å². The van der Waals surface area contributed by atoms with E-state index in [1.54, 1.807) is 27.7 Å². The molecule has 15 nitrogen and oxygen atoms in total. The third-order valence-corrected chi connectivity index (χ3v) is 8.28. The molecule has 6 rings (SSSR count). The van der Waals surface area contributed by atoms with Crippen molar-refractivity contribution in [2.75, 3.05) is 50.2 Å². The van der Waals surface area contributed by atoms with Crippen LogP contribution >= 0.6 is 0 Å². The van der Waals surface area contributed by atoms with Crippen LogP contribution in [0.15, 0.2) is 42.5 Å². The van der Waals surface area contributed by atoms with Gasteiger partial charge in [0.15, 0.2) is 6.61 Å². The van der Waals surface area contributed by atoms with Crippen molar-refractivity contribution in [2.24, 2.45) is 5.92 Å². The van der Waals surface area contributed by atoms with Gasteiger partial charge in [-0.25, -0.2) is 4.79 Å². The third-order valence-electron chi connectivity index (χ3n) is 8.28. The number of nitrogens with one attached hydrogen (secondary N) is 3.